The van der Waals surface area contributed by atoms with Gasteiger partial charge < -0.3 is 4.90 Å². The Hall–Kier alpha value is -0.830. The second-order valence-electron chi connectivity index (χ2n) is 2.93. The third kappa shape index (κ3) is 1.50. The van der Waals surface area contributed by atoms with Crippen molar-refractivity contribution in [1.29, 1.82) is 0 Å². The van der Waals surface area contributed by atoms with Crippen LogP contribution in [0, 0.1) is 0 Å². The van der Waals surface area contributed by atoms with Crippen LogP contribution in [0.4, 0.5) is 5.69 Å². The minimum absolute atomic E-state index is 0.472. The molecule has 0 radical (unpaired) electrons. The smallest absolute Gasteiger partial charge is 0.153 e. The molecule has 1 aromatic heterocycles. The normalized spacial score (nSPS) is 16.9. The van der Waals surface area contributed by atoms with Gasteiger partial charge in [-0.25, -0.2) is 0 Å². The highest BCUT2D eigenvalue weighted by molar-refractivity contribution is 6.29. The summed E-state index contributed by atoms with van der Waals surface area (Å²) >= 11 is 5.72. The van der Waals surface area contributed by atoms with E-state index in [1.165, 1.54) is 12.8 Å². The van der Waals surface area contributed by atoms with Gasteiger partial charge in [0.1, 0.15) is 0 Å². The van der Waals surface area contributed by atoms with Gasteiger partial charge in [-0.15, -0.1) is 5.10 Å². The predicted molar refractivity (Wildman–Crippen MR) is 48.5 cm³/mol. The molecule has 1 fully saturated rings. The van der Waals surface area contributed by atoms with Crippen molar-refractivity contribution in [2.75, 3.05) is 18.0 Å². The summed E-state index contributed by atoms with van der Waals surface area (Å²) < 4.78 is 0. The second kappa shape index (κ2) is 3.27. The first kappa shape index (κ1) is 7.80. The van der Waals surface area contributed by atoms with E-state index < -0.39 is 0 Å². The van der Waals surface area contributed by atoms with Crippen LogP contribution < -0.4 is 4.90 Å². The maximum atomic E-state index is 5.72. The molecule has 2 heterocycles. The molecule has 0 aromatic carbocycles. The molecular formula is C8H10ClN3. The van der Waals surface area contributed by atoms with E-state index in [9.17, 15) is 0 Å². The van der Waals surface area contributed by atoms with Gasteiger partial charge in [-0.2, -0.15) is 5.10 Å². The lowest BCUT2D eigenvalue weighted by atomic mass is 10.4. The zero-order chi connectivity index (χ0) is 8.39. The van der Waals surface area contributed by atoms with Gasteiger partial charge >= 0.3 is 0 Å². The average molecular weight is 184 g/mol. The van der Waals surface area contributed by atoms with Crippen LogP contribution in [-0.4, -0.2) is 23.3 Å². The molecule has 1 aromatic rings. The molecular weight excluding hydrogens is 174 g/mol. The summed E-state index contributed by atoms with van der Waals surface area (Å²) in [5.41, 5.74) is 1.09. The highest BCUT2D eigenvalue weighted by atomic mass is 35.5. The molecule has 4 heteroatoms. The number of hydrogen-bond donors (Lipinski definition) is 0. The average Bonchev–Trinajstić information content (AvgIpc) is 2.56. The Labute approximate surface area is 76.4 Å². The standard InChI is InChI=1S/C8H10ClN3/c9-8-5-7(6-10-11-8)12-3-1-2-4-12/h5-6H,1-4H2. The molecule has 0 spiro atoms. The molecule has 1 saturated heterocycles. The summed E-state index contributed by atoms with van der Waals surface area (Å²) in [6, 6.07) is 1.86. The Morgan fingerprint density at radius 3 is 2.75 bits per heavy atom. The molecule has 12 heavy (non-hydrogen) atoms. The fraction of sp³-hybridized carbons (Fsp3) is 0.500. The lowest BCUT2D eigenvalue weighted by Crippen LogP contribution is -2.17. The lowest BCUT2D eigenvalue weighted by molar-refractivity contribution is 0.937. The number of anilines is 1. The van der Waals surface area contributed by atoms with E-state index in [4.69, 9.17) is 11.6 Å². The zero-order valence-corrected chi connectivity index (χ0v) is 7.46. The van der Waals surface area contributed by atoms with Crippen LogP contribution in [0.15, 0.2) is 12.3 Å². The number of rotatable bonds is 1. The molecule has 2 rings (SSSR count). The second-order valence-corrected chi connectivity index (χ2v) is 3.32. The van der Waals surface area contributed by atoms with Crippen LogP contribution >= 0.6 is 11.6 Å². The quantitative estimate of drug-likeness (QED) is 0.664. The lowest BCUT2D eigenvalue weighted by Gasteiger charge is -2.16. The van der Waals surface area contributed by atoms with Crippen LogP contribution in [0.2, 0.25) is 5.15 Å². The Bertz CT molecular complexity index is 271. The first-order chi connectivity index (χ1) is 5.86. The molecule has 3 nitrogen and oxygen atoms in total. The van der Waals surface area contributed by atoms with E-state index in [1.807, 2.05) is 6.07 Å². The van der Waals surface area contributed by atoms with Crippen LogP contribution in [0.25, 0.3) is 0 Å². The molecule has 0 amide bonds. The summed E-state index contributed by atoms with van der Waals surface area (Å²) in [5, 5.41) is 7.98. The summed E-state index contributed by atoms with van der Waals surface area (Å²) in [6.07, 6.45) is 4.29. The van der Waals surface area contributed by atoms with E-state index in [-0.39, 0.29) is 0 Å². The van der Waals surface area contributed by atoms with Crippen molar-refractivity contribution in [2.24, 2.45) is 0 Å². The highest BCUT2D eigenvalue weighted by Gasteiger charge is 2.12. The number of nitrogens with zero attached hydrogens (tertiary/aromatic N) is 3. The topological polar surface area (TPSA) is 29.0 Å². The largest absolute Gasteiger partial charge is 0.370 e. The van der Waals surface area contributed by atoms with Gasteiger partial charge in [-0.3, -0.25) is 0 Å². The molecule has 64 valence electrons. The van der Waals surface area contributed by atoms with E-state index >= 15 is 0 Å². The fourth-order valence-corrected chi connectivity index (χ4v) is 1.64. The summed E-state index contributed by atoms with van der Waals surface area (Å²) in [5.74, 6) is 0. The number of hydrogen-bond acceptors (Lipinski definition) is 3. The molecule has 0 saturated carbocycles. The van der Waals surface area contributed by atoms with Gasteiger partial charge in [0.2, 0.25) is 0 Å². The van der Waals surface area contributed by atoms with Crippen molar-refractivity contribution in [3.63, 3.8) is 0 Å². The van der Waals surface area contributed by atoms with E-state index in [0.717, 1.165) is 18.8 Å². The van der Waals surface area contributed by atoms with Gasteiger partial charge in [0, 0.05) is 19.2 Å². The molecule has 0 N–H and O–H groups in total. The van der Waals surface area contributed by atoms with Crippen molar-refractivity contribution in [1.82, 2.24) is 10.2 Å². The van der Waals surface area contributed by atoms with Gasteiger partial charge in [0.25, 0.3) is 0 Å². The molecule has 0 atom stereocenters. The summed E-state index contributed by atoms with van der Waals surface area (Å²) in [4.78, 5) is 2.28. The van der Waals surface area contributed by atoms with E-state index in [1.54, 1.807) is 6.20 Å². The van der Waals surface area contributed by atoms with Gasteiger partial charge in [-0.05, 0) is 12.8 Å². The monoisotopic (exact) mass is 183 g/mol. The maximum Gasteiger partial charge on any atom is 0.153 e. The third-order valence-electron chi connectivity index (χ3n) is 2.08. The van der Waals surface area contributed by atoms with Crippen molar-refractivity contribution < 1.29 is 0 Å². The Balaban J connectivity index is 2.21. The first-order valence-electron chi connectivity index (χ1n) is 4.09. The Morgan fingerprint density at radius 2 is 2.08 bits per heavy atom. The Morgan fingerprint density at radius 1 is 1.33 bits per heavy atom. The fourth-order valence-electron chi connectivity index (χ4n) is 1.48. The van der Waals surface area contributed by atoms with Gasteiger partial charge in [0.15, 0.2) is 5.15 Å². The van der Waals surface area contributed by atoms with Crippen LogP contribution in [-0.2, 0) is 0 Å². The SMILES string of the molecule is Clc1cc(N2CCCC2)cnn1. The van der Waals surface area contributed by atoms with Crippen molar-refractivity contribution >= 4 is 17.3 Å². The minimum atomic E-state index is 0.472. The molecule has 1 aliphatic heterocycles. The zero-order valence-electron chi connectivity index (χ0n) is 6.70. The first-order valence-corrected chi connectivity index (χ1v) is 4.47. The summed E-state index contributed by atoms with van der Waals surface area (Å²) in [6.45, 7) is 2.23. The summed E-state index contributed by atoms with van der Waals surface area (Å²) in [7, 11) is 0. The van der Waals surface area contributed by atoms with Crippen LogP contribution in [0.5, 0.6) is 0 Å². The van der Waals surface area contributed by atoms with Crippen molar-refractivity contribution in [3.05, 3.63) is 17.4 Å². The molecule has 0 unspecified atom stereocenters. The number of aromatic nitrogens is 2. The highest BCUT2D eigenvalue weighted by Crippen LogP contribution is 2.20. The van der Waals surface area contributed by atoms with Crippen LogP contribution in [0.3, 0.4) is 0 Å². The predicted octanol–water partition coefficient (Wildman–Crippen LogP) is 1.73. The number of halogens is 1. The van der Waals surface area contributed by atoms with Crippen molar-refractivity contribution in [2.45, 2.75) is 12.8 Å². The van der Waals surface area contributed by atoms with Gasteiger partial charge in [-0.1, -0.05) is 11.6 Å². The maximum absolute atomic E-state index is 5.72. The minimum Gasteiger partial charge on any atom is -0.370 e. The van der Waals surface area contributed by atoms with E-state index in [0.29, 0.717) is 5.15 Å². The van der Waals surface area contributed by atoms with Gasteiger partial charge in [0.05, 0.1) is 11.9 Å². The molecule has 0 aliphatic carbocycles. The van der Waals surface area contributed by atoms with Crippen LogP contribution in [0.1, 0.15) is 12.8 Å². The van der Waals surface area contributed by atoms with E-state index in [2.05, 4.69) is 15.1 Å². The Kier molecular flexibility index (Phi) is 2.13. The third-order valence-corrected chi connectivity index (χ3v) is 2.27. The van der Waals surface area contributed by atoms with Crippen molar-refractivity contribution in [3.8, 4) is 0 Å². The molecule has 1 aliphatic rings. The molecule has 0 bridgehead atoms.